The van der Waals surface area contributed by atoms with Crippen molar-refractivity contribution in [1.82, 2.24) is 5.32 Å². The number of hydrogen-bond acceptors (Lipinski definition) is 3. The molecule has 2 N–H and O–H groups in total. The summed E-state index contributed by atoms with van der Waals surface area (Å²) in [5.74, 6) is -1.17. The number of methoxy groups -OCH3 is 1. The summed E-state index contributed by atoms with van der Waals surface area (Å²) in [6, 6.07) is 2.83. The summed E-state index contributed by atoms with van der Waals surface area (Å²) < 4.78 is 4.99. The molecule has 1 rings (SSSR count). The second kappa shape index (κ2) is 6.33. The fraction of sp³-hybridized carbons (Fsp3) is 0.385. The van der Waals surface area contributed by atoms with Gasteiger partial charge in [-0.05, 0) is 26.0 Å². The standard InChI is InChI=1S/C13H15Cl2NO4/c1-13(2,6-10(17)18)16-12(19)7-4-8(14)11(20-3)9(15)5-7/h4-5H,6H2,1-3H3,(H,16,19)(H,17,18). The normalized spacial score (nSPS) is 11.1. The van der Waals surface area contributed by atoms with E-state index in [0.717, 1.165) is 0 Å². The molecule has 0 saturated heterocycles. The summed E-state index contributed by atoms with van der Waals surface area (Å²) in [5, 5.41) is 11.8. The average molecular weight is 320 g/mol. The van der Waals surface area contributed by atoms with E-state index in [4.69, 9.17) is 33.0 Å². The first-order valence-corrected chi connectivity index (χ1v) is 6.49. The number of carbonyl (C=O) groups excluding carboxylic acids is 1. The van der Waals surface area contributed by atoms with Gasteiger partial charge in [-0.2, -0.15) is 0 Å². The number of ether oxygens (including phenoxy) is 1. The zero-order valence-corrected chi connectivity index (χ0v) is 12.8. The van der Waals surface area contributed by atoms with E-state index in [1.165, 1.54) is 19.2 Å². The maximum atomic E-state index is 12.1. The Kier molecular flexibility index (Phi) is 5.25. The highest BCUT2D eigenvalue weighted by Crippen LogP contribution is 2.33. The number of aliphatic carboxylic acids is 1. The van der Waals surface area contributed by atoms with Crippen LogP contribution in [0.1, 0.15) is 30.6 Å². The summed E-state index contributed by atoms with van der Waals surface area (Å²) in [5.41, 5.74) is -0.652. The predicted molar refractivity (Wildman–Crippen MR) is 76.8 cm³/mol. The quantitative estimate of drug-likeness (QED) is 0.874. The molecule has 1 aromatic rings. The lowest BCUT2D eigenvalue weighted by atomic mass is 10.00. The van der Waals surface area contributed by atoms with E-state index in [2.05, 4.69) is 5.32 Å². The highest BCUT2D eigenvalue weighted by atomic mass is 35.5. The molecule has 7 heteroatoms. The SMILES string of the molecule is COc1c(Cl)cc(C(=O)NC(C)(C)CC(=O)O)cc1Cl. The van der Waals surface area contributed by atoms with E-state index < -0.39 is 17.4 Å². The van der Waals surface area contributed by atoms with Gasteiger partial charge in [-0.25, -0.2) is 0 Å². The Morgan fingerprint density at radius 2 is 1.80 bits per heavy atom. The molecule has 0 aliphatic rings. The molecule has 1 amide bonds. The molecular formula is C13H15Cl2NO4. The van der Waals surface area contributed by atoms with Crippen LogP contribution in [-0.2, 0) is 4.79 Å². The van der Waals surface area contributed by atoms with E-state index in [0.29, 0.717) is 0 Å². The van der Waals surface area contributed by atoms with Crippen LogP contribution < -0.4 is 10.1 Å². The van der Waals surface area contributed by atoms with Crippen molar-refractivity contribution in [3.63, 3.8) is 0 Å². The van der Waals surface area contributed by atoms with Crippen molar-refractivity contribution >= 4 is 35.1 Å². The van der Waals surface area contributed by atoms with Crippen LogP contribution in [0.15, 0.2) is 12.1 Å². The van der Waals surface area contributed by atoms with Gasteiger partial charge in [-0.1, -0.05) is 23.2 Å². The Bertz CT molecular complexity index is 520. The van der Waals surface area contributed by atoms with E-state index in [1.54, 1.807) is 13.8 Å². The third-order valence-corrected chi connectivity index (χ3v) is 3.07. The first-order valence-electron chi connectivity index (χ1n) is 5.73. The smallest absolute Gasteiger partial charge is 0.305 e. The lowest BCUT2D eigenvalue weighted by Crippen LogP contribution is -2.44. The first kappa shape index (κ1) is 16.6. The number of carboxylic acids is 1. The van der Waals surface area contributed by atoms with E-state index in [9.17, 15) is 9.59 Å². The fourth-order valence-corrected chi connectivity index (χ4v) is 2.33. The average Bonchev–Trinajstić information content (AvgIpc) is 2.25. The Morgan fingerprint density at radius 1 is 1.30 bits per heavy atom. The number of carbonyl (C=O) groups is 2. The van der Waals surface area contributed by atoms with E-state index in [1.807, 2.05) is 0 Å². The zero-order valence-electron chi connectivity index (χ0n) is 11.3. The monoisotopic (exact) mass is 319 g/mol. The van der Waals surface area contributed by atoms with Gasteiger partial charge in [-0.15, -0.1) is 0 Å². The Balaban J connectivity index is 2.96. The molecule has 0 atom stereocenters. The Labute approximate surface area is 126 Å². The number of halogens is 2. The van der Waals surface area contributed by atoms with Crippen molar-refractivity contribution in [2.24, 2.45) is 0 Å². The summed E-state index contributed by atoms with van der Waals surface area (Å²) in [6.07, 6.45) is -0.198. The van der Waals surface area contributed by atoms with E-state index >= 15 is 0 Å². The van der Waals surface area contributed by atoms with Crippen molar-refractivity contribution in [3.8, 4) is 5.75 Å². The molecule has 5 nitrogen and oxygen atoms in total. The molecule has 0 aliphatic heterocycles. The second-order valence-corrected chi connectivity index (χ2v) is 5.70. The van der Waals surface area contributed by atoms with Crippen molar-refractivity contribution in [3.05, 3.63) is 27.7 Å². The molecule has 0 aromatic heterocycles. The molecule has 0 unspecified atom stereocenters. The first-order chi connectivity index (χ1) is 9.16. The van der Waals surface area contributed by atoms with Crippen molar-refractivity contribution in [2.45, 2.75) is 25.8 Å². The maximum Gasteiger partial charge on any atom is 0.305 e. The van der Waals surface area contributed by atoms with Crippen LogP contribution in [0.25, 0.3) is 0 Å². The van der Waals surface area contributed by atoms with Crippen LogP contribution >= 0.6 is 23.2 Å². The largest absolute Gasteiger partial charge is 0.494 e. The van der Waals surface area contributed by atoms with Gasteiger partial charge in [0.1, 0.15) is 0 Å². The second-order valence-electron chi connectivity index (χ2n) is 4.88. The van der Waals surface area contributed by atoms with Gasteiger partial charge in [0, 0.05) is 11.1 Å². The van der Waals surface area contributed by atoms with Crippen molar-refractivity contribution in [1.29, 1.82) is 0 Å². The van der Waals surface area contributed by atoms with Crippen LogP contribution in [-0.4, -0.2) is 29.6 Å². The molecule has 0 bridgehead atoms. The van der Waals surface area contributed by atoms with Gasteiger partial charge in [0.25, 0.3) is 5.91 Å². The molecule has 0 fully saturated rings. The van der Waals surface area contributed by atoms with Crippen LogP contribution in [0.5, 0.6) is 5.75 Å². The zero-order chi connectivity index (χ0) is 15.5. The molecule has 0 aliphatic carbocycles. The summed E-state index contributed by atoms with van der Waals surface area (Å²) in [7, 11) is 1.42. The Hall–Kier alpha value is -1.46. The summed E-state index contributed by atoms with van der Waals surface area (Å²) in [4.78, 5) is 22.8. The highest BCUT2D eigenvalue weighted by molar-refractivity contribution is 6.37. The van der Waals surface area contributed by atoms with Crippen molar-refractivity contribution in [2.75, 3.05) is 7.11 Å². The minimum absolute atomic E-state index is 0.198. The number of amides is 1. The summed E-state index contributed by atoms with van der Waals surface area (Å²) >= 11 is 11.9. The maximum absolute atomic E-state index is 12.1. The molecule has 0 saturated carbocycles. The third-order valence-electron chi connectivity index (χ3n) is 2.51. The number of benzene rings is 1. The van der Waals surface area contributed by atoms with Crippen LogP contribution in [0.2, 0.25) is 10.0 Å². The lowest BCUT2D eigenvalue weighted by Gasteiger charge is -2.24. The molecule has 0 radical (unpaired) electrons. The predicted octanol–water partition coefficient (Wildman–Crippen LogP) is 2.99. The number of rotatable bonds is 5. The fourth-order valence-electron chi connectivity index (χ4n) is 1.69. The Morgan fingerprint density at radius 3 is 2.20 bits per heavy atom. The number of carboxylic acid groups (broad SMARTS) is 1. The van der Waals surface area contributed by atoms with Gasteiger partial charge in [0.15, 0.2) is 5.75 Å². The van der Waals surface area contributed by atoms with Crippen LogP contribution in [0.3, 0.4) is 0 Å². The minimum atomic E-state index is -0.999. The molecule has 1 aromatic carbocycles. The molecule has 0 heterocycles. The molecule has 110 valence electrons. The van der Waals surface area contributed by atoms with Crippen LogP contribution in [0.4, 0.5) is 0 Å². The van der Waals surface area contributed by atoms with Gasteiger partial charge in [0.05, 0.1) is 23.6 Å². The topological polar surface area (TPSA) is 75.6 Å². The highest BCUT2D eigenvalue weighted by Gasteiger charge is 2.25. The van der Waals surface area contributed by atoms with Crippen LogP contribution in [0, 0.1) is 0 Å². The van der Waals surface area contributed by atoms with Gasteiger partial charge >= 0.3 is 5.97 Å². The van der Waals surface area contributed by atoms with Gasteiger partial charge < -0.3 is 15.2 Å². The number of hydrogen-bond donors (Lipinski definition) is 2. The summed E-state index contributed by atoms with van der Waals surface area (Å²) in [6.45, 7) is 3.23. The lowest BCUT2D eigenvalue weighted by molar-refractivity contribution is -0.138. The van der Waals surface area contributed by atoms with Gasteiger partial charge in [0.2, 0.25) is 0 Å². The van der Waals surface area contributed by atoms with E-state index in [-0.39, 0.29) is 27.8 Å². The minimum Gasteiger partial charge on any atom is -0.494 e. The molecular weight excluding hydrogens is 305 g/mol. The number of nitrogens with one attached hydrogen (secondary N) is 1. The molecule has 20 heavy (non-hydrogen) atoms. The van der Waals surface area contributed by atoms with Crippen molar-refractivity contribution < 1.29 is 19.4 Å². The third kappa shape index (κ3) is 4.28. The molecule has 0 spiro atoms. The van der Waals surface area contributed by atoms with Gasteiger partial charge in [-0.3, -0.25) is 9.59 Å².